The summed E-state index contributed by atoms with van der Waals surface area (Å²) in [5.74, 6) is 0. The third-order valence-electron chi connectivity index (χ3n) is 4.41. The predicted molar refractivity (Wildman–Crippen MR) is 103 cm³/mol. The van der Waals surface area contributed by atoms with Crippen LogP contribution in [0.3, 0.4) is 0 Å². The molecule has 0 aliphatic rings. The van der Waals surface area contributed by atoms with Gasteiger partial charge in [0, 0.05) is 35.1 Å². The van der Waals surface area contributed by atoms with Gasteiger partial charge in [-0.25, -0.2) is 5.10 Å². The van der Waals surface area contributed by atoms with Crippen LogP contribution in [-0.2, 0) is 13.6 Å². The highest BCUT2D eigenvalue weighted by atomic mass is 35.5. The maximum absolute atomic E-state index is 12.0. The number of nitrogens with one attached hydrogen (secondary N) is 1. The number of rotatable bonds is 3. The Hall–Kier alpha value is -2.96. The quantitative estimate of drug-likeness (QED) is 0.583. The highest BCUT2D eigenvalue weighted by Gasteiger charge is 2.15. The number of hydrogen-bond donors (Lipinski definition) is 2. The second kappa shape index (κ2) is 6.40. The van der Waals surface area contributed by atoms with Crippen molar-refractivity contribution in [1.82, 2.24) is 20.0 Å². The van der Waals surface area contributed by atoms with Gasteiger partial charge in [-0.2, -0.15) is 10.2 Å². The molecule has 0 fully saturated rings. The first kappa shape index (κ1) is 16.5. The number of aromatic amines is 1. The molecule has 0 amide bonds. The third kappa shape index (κ3) is 2.69. The molecule has 0 aliphatic carbocycles. The number of fused-ring (bicyclic) bond motifs is 1. The van der Waals surface area contributed by atoms with Gasteiger partial charge in [0.05, 0.1) is 23.0 Å². The molecule has 6 nitrogen and oxygen atoms in total. The zero-order chi connectivity index (χ0) is 18.3. The predicted octanol–water partition coefficient (Wildman–Crippen LogP) is 3.10. The minimum absolute atomic E-state index is 0.231. The van der Waals surface area contributed by atoms with Gasteiger partial charge in [0.15, 0.2) is 0 Å². The first-order valence-electron chi connectivity index (χ1n) is 8.08. The van der Waals surface area contributed by atoms with Gasteiger partial charge in [-0.05, 0) is 29.8 Å². The molecule has 0 saturated carbocycles. The molecule has 0 bridgehead atoms. The molecule has 26 heavy (non-hydrogen) atoms. The highest BCUT2D eigenvalue weighted by Crippen LogP contribution is 2.34. The number of aryl methyl sites for hydroxylation is 1. The van der Waals surface area contributed by atoms with Crippen LogP contribution in [0.2, 0.25) is 5.02 Å². The summed E-state index contributed by atoms with van der Waals surface area (Å²) in [5.41, 5.74) is 9.99. The van der Waals surface area contributed by atoms with E-state index in [-0.39, 0.29) is 12.1 Å². The van der Waals surface area contributed by atoms with Crippen LogP contribution in [0.4, 0.5) is 0 Å². The van der Waals surface area contributed by atoms with Crippen molar-refractivity contribution in [3.63, 3.8) is 0 Å². The Labute approximate surface area is 154 Å². The number of halogens is 1. The Morgan fingerprint density at radius 2 is 2.00 bits per heavy atom. The number of hydrogen-bond acceptors (Lipinski definition) is 4. The molecule has 2 aromatic carbocycles. The SMILES string of the molecule is Cn1ncc(-c2ccc3c(=O)[nH]nc(CN)c3c2)c1-c1cccc(Cl)c1. The summed E-state index contributed by atoms with van der Waals surface area (Å²) in [6, 6.07) is 13.3. The van der Waals surface area contributed by atoms with E-state index in [2.05, 4.69) is 15.3 Å². The molecule has 0 atom stereocenters. The van der Waals surface area contributed by atoms with E-state index in [1.165, 1.54) is 0 Å². The number of benzene rings is 2. The summed E-state index contributed by atoms with van der Waals surface area (Å²) in [6.45, 7) is 0.241. The number of nitrogens with zero attached hydrogens (tertiary/aromatic N) is 3. The van der Waals surface area contributed by atoms with E-state index in [1.54, 1.807) is 12.3 Å². The summed E-state index contributed by atoms with van der Waals surface area (Å²) >= 11 is 6.16. The van der Waals surface area contributed by atoms with Crippen LogP contribution in [-0.4, -0.2) is 20.0 Å². The normalized spacial score (nSPS) is 11.2. The van der Waals surface area contributed by atoms with Crippen LogP contribution >= 0.6 is 11.6 Å². The van der Waals surface area contributed by atoms with Crippen LogP contribution in [0.1, 0.15) is 5.69 Å². The van der Waals surface area contributed by atoms with Gasteiger partial charge in [-0.3, -0.25) is 9.48 Å². The fourth-order valence-corrected chi connectivity index (χ4v) is 3.36. The Morgan fingerprint density at radius 3 is 2.77 bits per heavy atom. The van der Waals surface area contributed by atoms with E-state index in [1.807, 2.05) is 48.1 Å². The van der Waals surface area contributed by atoms with Crippen LogP contribution < -0.4 is 11.3 Å². The molecule has 2 aromatic heterocycles. The number of nitrogens with two attached hydrogens (primary N) is 1. The Kier molecular flexibility index (Phi) is 4.06. The highest BCUT2D eigenvalue weighted by molar-refractivity contribution is 6.30. The van der Waals surface area contributed by atoms with Gasteiger partial charge in [0.25, 0.3) is 5.56 Å². The lowest BCUT2D eigenvalue weighted by Gasteiger charge is -2.09. The third-order valence-corrected chi connectivity index (χ3v) is 4.64. The van der Waals surface area contributed by atoms with Crippen molar-refractivity contribution in [3.05, 3.63) is 69.7 Å². The smallest absolute Gasteiger partial charge is 0.272 e. The van der Waals surface area contributed by atoms with Crippen molar-refractivity contribution in [3.8, 4) is 22.4 Å². The summed E-state index contributed by atoms with van der Waals surface area (Å²) in [6.07, 6.45) is 1.81. The summed E-state index contributed by atoms with van der Waals surface area (Å²) in [4.78, 5) is 12.0. The molecule has 7 heteroatoms. The van der Waals surface area contributed by atoms with Gasteiger partial charge >= 0.3 is 0 Å². The first-order chi connectivity index (χ1) is 12.6. The van der Waals surface area contributed by atoms with Crippen molar-refractivity contribution in [1.29, 1.82) is 0 Å². The molecule has 130 valence electrons. The van der Waals surface area contributed by atoms with Crippen molar-refractivity contribution in [2.45, 2.75) is 6.54 Å². The van der Waals surface area contributed by atoms with E-state index in [0.717, 1.165) is 27.8 Å². The minimum atomic E-state index is -0.231. The fraction of sp³-hybridized carbons (Fsp3) is 0.105. The first-order valence-corrected chi connectivity index (χ1v) is 8.46. The number of aromatic nitrogens is 4. The topological polar surface area (TPSA) is 89.6 Å². The average molecular weight is 366 g/mol. The summed E-state index contributed by atoms with van der Waals surface area (Å²) in [5, 5.41) is 12.9. The van der Waals surface area contributed by atoms with Crippen molar-refractivity contribution >= 4 is 22.4 Å². The lowest BCUT2D eigenvalue weighted by Crippen LogP contribution is -2.13. The Balaban J connectivity index is 1.96. The molecule has 0 unspecified atom stereocenters. The average Bonchev–Trinajstić information content (AvgIpc) is 3.03. The number of H-pyrrole nitrogens is 1. The van der Waals surface area contributed by atoms with Gasteiger partial charge in [-0.1, -0.05) is 29.8 Å². The maximum atomic E-state index is 12.0. The molecular formula is C19H16ClN5O. The van der Waals surface area contributed by atoms with E-state index in [4.69, 9.17) is 17.3 Å². The van der Waals surface area contributed by atoms with E-state index in [0.29, 0.717) is 16.1 Å². The van der Waals surface area contributed by atoms with Crippen LogP contribution in [0.5, 0.6) is 0 Å². The van der Waals surface area contributed by atoms with E-state index < -0.39 is 0 Å². The molecule has 4 aromatic rings. The van der Waals surface area contributed by atoms with Crippen molar-refractivity contribution < 1.29 is 0 Å². The largest absolute Gasteiger partial charge is 0.325 e. The Morgan fingerprint density at radius 1 is 1.15 bits per heavy atom. The van der Waals surface area contributed by atoms with Crippen LogP contribution in [0.15, 0.2) is 53.5 Å². The molecule has 0 spiro atoms. The molecule has 0 radical (unpaired) electrons. The Bertz CT molecular complexity index is 1180. The van der Waals surface area contributed by atoms with E-state index in [9.17, 15) is 4.79 Å². The molecule has 3 N–H and O–H groups in total. The standard InChI is InChI=1S/C19H16ClN5O/c1-25-18(12-3-2-4-13(20)7-12)16(10-22-25)11-5-6-14-15(8-11)17(9-21)23-24-19(14)26/h2-8,10H,9,21H2,1H3,(H,24,26). The lowest BCUT2D eigenvalue weighted by atomic mass is 9.98. The molecule has 2 heterocycles. The van der Waals surface area contributed by atoms with Gasteiger partial charge < -0.3 is 5.73 Å². The van der Waals surface area contributed by atoms with E-state index >= 15 is 0 Å². The second-order valence-electron chi connectivity index (χ2n) is 6.00. The molecule has 0 saturated heterocycles. The van der Waals surface area contributed by atoms with Crippen molar-refractivity contribution in [2.75, 3.05) is 0 Å². The zero-order valence-corrected chi connectivity index (χ0v) is 14.8. The summed E-state index contributed by atoms with van der Waals surface area (Å²) in [7, 11) is 1.89. The second-order valence-corrected chi connectivity index (χ2v) is 6.44. The van der Waals surface area contributed by atoms with Gasteiger partial charge in [0.2, 0.25) is 0 Å². The van der Waals surface area contributed by atoms with Gasteiger partial charge in [-0.15, -0.1) is 0 Å². The summed E-state index contributed by atoms with van der Waals surface area (Å²) < 4.78 is 1.81. The molecule has 4 rings (SSSR count). The van der Waals surface area contributed by atoms with Crippen LogP contribution in [0.25, 0.3) is 33.2 Å². The van der Waals surface area contributed by atoms with Gasteiger partial charge in [0.1, 0.15) is 0 Å². The zero-order valence-electron chi connectivity index (χ0n) is 14.0. The minimum Gasteiger partial charge on any atom is -0.325 e. The fourth-order valence-electron chi connectivity index (χ4n) is 3.17. The lowest BCUT2D eigenvalue weighted by molar-refractivity contribution is 0.776. The molecule has 0 aliphatic heterocycles. The molecular weight excluding hydrogens is 350 g/mol. The maximum Gasteiger partial charge on any atom is 0.272 e. The van der Waals surface area contributed by atoms with Crippen molar-refractivity contribution in [2.24, 2.45) is 12.8 Å². The monoisotopic (exact) mass is 365 g/mol. The van der Waals surface area contributed by atoms with Crippen LogP contribution in [0, 0.1) is 0 Å².